The van der Waals surface area contributed by atoms with Gasteiger partial charge in [0.25, 0.3) is 0 Å². The second-order valence-electron chi connectivity index (χ2n) is 6.40. The third-order valence-corrected chi connectivity index (χ3v) is 3.90. The molecule has 0 aromatic heterocycles. The summed E-state index contributed by atoms with van der Waals surface area (Å²) in [5.74, 6) is -0.627. The van der Waals surface area contributed by atoms with E-state index in [1.54, 1.807) is 13.8 Å². The smallest absolute Gasteiger partial charge is 0.406 e. The summed E-state index contributed by atoms with van der Waals surface area (Å²) in [6.07, 6.45) is -3.02. The molecule has 1 saturated heterocycles. The third kappa shape index (κ3) is 5.38. The predicted molar refractivity (Wildman–Crippen MR) is 82.6 cm³/mol. The molecule has 0 bridgehead atoms. The highest BCUT2D eigenvalue weighted by Gasteiger charge is 2.36. The lowest BCUT2D eigenvalue weighted by atomic mass is 9.97. The normalized spacial score (nSPS) is 19.3. The molecule has 1 atom stereocenters. The maximum atomic E-state index is 12.1. The molecule has 1 amide bonds. The van der Waals surface area contributed by atoms with Crippen LogP contribution in [0, 0.1) is 0 Å². The van der Waals surface area contributed by atoms with E-state index in [9.17, 15) is 23.1 Å². The van der Waals surface area contributed by atoms with Crippen molar-refractivity contribution in [2.45, 2.75) is 44.7 Å². The van der Waals surface area contributed by atoms with E-state index >= 15 is 0 Å². The average molecular weight is 346 g/mol. The number of amides is 1. The second-order valence-corrected chi connectivity index (χ2v) is 6.40. The number of aliphatic hydroxyl groups is 1. The summed E-state index contributed by atoms with van der Waals surface area (Å²) in [6.45, 7) is 4.27. The molecule has 1 heterocycles. The Morgan fingerprint density at radius 2 is 1.96 bits per heavy atom. The van der Waals surface area contributed by atoms with E-state index in [-0.39, 0.29) is 24.2 Å². The molecule has 1 aliphatic rings. The maximum Gasteiger partial charge on any atom is 0.573 e. The molecule has 0 radical (unpaired) electrons. The number of alkyl halides is 3. The molecule has 1 aromatic rings. The lowest BCUT2D eigenvalue weighted by molar-refractivity contribution is -0.274. The number of carbonyl (C=O) groups is 1. The Morgan fingerprint density at radius 3 is 2.50 bits per heavy atom. The van der Waals surface area contributed by atoms with E-state index < -0.39 is 12.0 Å². The summed E-state index contributed by atoms with van der Waals surface area (Å²) in [7, 11) is 0. The van der Waals surface area contributed by atoms with Gasteiger partial charge in [-0.1, -0.05) is 0 Å². The number of anilines is 1. The molecular weight excluding hydrogens is 325 g/mol. The van der Waals surface area contributed by atoms with Gasteiger partial charge in [0.05, 0.1) is 12.1 Å². The molecule has 1 aromatic carbocycles. The largest absolute Gasteiger partial charge is 0.573 e. The fourth-order valence-electron chi connectivity index (χ4n) is 2.94. The zero-order valence-electron chi connectivity index (χ0n) is 13.6. The average Bonchev–Trinajstić information content (AvgIpc) is 2.87. The van der Waals surface area contributed by atoms with Crippen LogP contribution in [0.15, 0.2) is 24.3 Å². The first-order chi connectivity index (χ1) is 11.0. The standard InChI is InChI=1S/C16H21F3N2O3/c1-15(2,23)13-4-3-9-21(13)10-14(22)20-11-5-7-12(8-6-11)24-16(17,18)19/h5-8,13,23H,3-4,9-10H2,1-2H3,(H,20,22). The fraction of sp³-hybridized carbons (Fsp3) is 0.562. The van der Waals surface area contributed by atoms with E-state index in [1.807, 2.05) is 4.90 Å². The zero-order valence-corrected chi connectivity index (χ0v) is 13.6. The monoisotopic (exact) mass is 346 g/mol. The van der Waals surface area contributed by atoms with E-state index in [1.165, 1.54) is 12.1 Å². The Hall–Kier alpha value is -1.80. The van der Waals surface area contributed by atoms with Gasteiger partial charge in [-0.2, -0.15) is 0 Å². The number of likely N-dealkylation sites (tertiary alicyclic amines) is 1. The molecule has 134 valence electrons. The zero-order chi connectivity index (χ0) is 18.0. The van der Waals surface area contributed by atoms with Crippen molar-refractivity contribution >= 4 is 11.6 Å². The van der Waals surface area contributed by atoms with Gasteiger partial charge in [-0.3, -0.25) is 9.69 Å². The first-order valence-corrected chi connectivity index (χ1v) is 7.67. The minimum atomic E-state index is -4.74. The second kappa shape index (κ2) is 6.98. The number of ether oxygens (including phenoxy) is 1. The summed E-state index contributed by atoms with van der Waals surface area (Å²) in [5, 5.41) is 12.8. The van der Waals surface area contributed by atoms with Gasteiger partial charge in [-0.15, -0.1) is 13.2 Å². The van der Waals surface area contributed by atoms with Crippen molar-refractivity contribution in [1.82, 2.24) is 4.90 Å². The highest BCUT2D eigenvalue weighted by atomic mass is 19.4. The van der Waals surface area contributed by atoms with E-state index in [0.717, 1.165) is 31.5 Å². The highest BCUT2D eigenvalue weighted by molar-refractivity contribution is 5.92. The molecule has 1 unspecified atom stereocenters. The Bertz CT molecular complexity index is 567. The molecule has 2 N–H and O–H groups in total. The SMILES string of the molecule is CC(C)(O)C1CCCN1CC(=O)Nc1ccc(OC(F)(F)F)cc1. The Balaban J connectivity index is 1.90. The topological polar surface area (TPSA) is 61.8 Å². The van der Waals surface area contributed by atoms with Gasteiger partial charge in [-0.05, 0) is 57.5 Å². The minimum absolute atomic E-state index is 0.0918. The lowest BCUT2D eigenvalue weighted by Crippen LogP contribution is -2.48. The summed E-state index contributed by atoms with van der Waals surface area (Å²) in [4.78, 5) is 14.0. The third-order valence-electron chi connectivity index (χ3n) is 3.90. The first kappa shape index (κ1) is 18.5. The van der Waals surface area contributed by atoms with Crippen LogP contribution < -0.4 is 10.1 Å². The quantitative estimate of drug-likeness (QED) is 0.861. The van der Waals surface area contributed by atoms with Crippen molar-refractivity contribution in [3.63, 3.8) is 0 Å². The van der Waals surface area contributed by atoms with Crippen molar-refractivity contribution in [2.75, 3.05) is 18.4 Å². The Labute approximate surface area is 138 Å². The Kier molecular flexibility index (Phi) is 5.39. The van der Waals surface area contributed by atoms with Gasteiger partial charge < -0.3 is 15.2 Å². The summed E-state index contributed by atoms with van der Waals surface area (Å²) >= 11 is 0. The summed E-state index contributed by atoms with van der Waals surface area (Å²) < 4.78 is 40.1. The van der Waals surface area contributed by atoms with Gasteiger partial charge in [-0.25, -0.2) is 0 Å². The number of carbonyl (C=O) groups excluding carboxylic acids is 1. The predicted octanol–water partition coefficient (Wildman–Crippen LogP) is 2.76. The van der Waals surface area contributed by atoms with Gasteiger partial charge in [0, 0.05) is 11.7 Å². The number of hydrogen-bond donors (Lipinski definition) is 2. The van der Waals surface area contributed by atoms with Crippen molar-refractivity contribution in [2.24, 2.45) is 0 Å². The van der Waals surface area contributed by atoms with Gasteiger partial charge in [0.2, 0.25) is 5.91 Å². The van der Waals surface area contributed by atoms with Gasteiger partial charge in [0.1, 0.15) is 5.75 Å². The summed E-state index contributed by atoms with van der Waals surface area (Å²) in [5.41, 5.74) is -0.513. The molecular formula is C16H21F3N2O3. The molecule has 0 saturated carbocycles. The van der Waals surface area contributed by atoms with Crippen LogP contribution in [0.1, 0.15) is 26.7 Å². The molecule has 8 heteroatoms. The number of nitrogens with one attached hydrogen (secondary N) is 1. The van der Waals surface area contributed by atoms with Crippen LogP contribution >= 0.6 is 0 Å². The number of halogens is 3. The van der Waals surface area contributed by atoms with Crippen molar-refractivity contribution in [3.05, 3.63) is 24.3 Å². The molecule has 1 fully saturated rings. The van der Waals surface area contributed by atoms with Crippen LogP contribution in [0.4, 0.5) is 18.9 Å². The number of benzene rings is 1. The van der Waals surface area contributed by atoms with E-state index in [2.05, 4.69) is 10.1 Å². The number of rotatable bonds is 5. The highest BCUT2D eigenvalue weighted by Crippen LogP contribution is 2.27. The molecule has 0 aliphatic carbocycles. The van der Waals surface area contributed by atoms with Crippen LogP contribution in [0.2, 0.25) is 0 Å². The lowest BCUT2D eigenvalue weighted by Gasteiger charge is -2.33. The van der Waals surface area contributed by atoms with Crippen LogP contribution in [0.3, 0.4) is 0 Å². The van der Waals surface area contributed by atoms with Crippen molar-refractivity contribution in [1.29, 1.82) is 0 Å². The molecule has 5 nitrogen and oxygen atoms in total. The van der Waals surface area contributed by atoms with Crippen LogP contribution in [-0.4, -0.2) is 47.0 Å². The van der Waals surface area contributed by atoms with Crippen LogP contribution in [-0.2, 0) is 4.79 Å². The molecule has 2 rings (SSSR count). The van der Waals surface area contributed by atoms with E-state index in [0.29, 0.717) is 5.69 Å². The Morgan fingerprint density at radius 1 is 1.33 bits per heavy atom. The molecule has 24 heavy (non-hydrogen) atoms. The maximum absolute atomic E-state index is 12.1. The number of hydrogen-bond acceptors (Lipinski definition) is 4. The van der Waals surface area contributed by atoms with Crippen molar-refractivity contribution < 1.29 is 27.8 Å². The number of nitrogens with zero attached hydrogens (tertiary/aromatic N) is 1. The van der Waals surface area contributed by atoms with E-state index in [4.69, 9.17) is 0 Å². The molecule has 1 aliphatic heterocycles. The van der Waals surface area contributed by atoms with Crippen LogP contribution in [0.25, 0.3) is 0 Å². The first-order valence-electron chi connectivity index (χ1n) is 7.67. The van der Waals surface area contributed by atoms with Crippen LogP contribution in [0.5, 0.6) is 5.75 Å². The molecule has 0 spiro atoms. The van der Waals surface area contributed by atoms with Gasteiger partial charge in [0.15, 0.2) is 0 Å². The minimum Gasteiger partial charge on any atom is -0.406 e. The van der Waals surface area contributed by atoms with Crippen molar-refractivity contribution in [3.8, 4) is 5.75 Å². The fourth-order valence-corrected chi connectivity index (χ4v) is 2.94. The van der Waals surface area contributed by atoms with Gasteiger partial charge >= 0.3 is 6.36 Å². The summed E-state index contributed by atoms with van der Waals surface area (Å²) in [6, 6.07) is 4.87.